The first-order valence-electron chi connectivity index (χ1n) is 7.47. The lowest BCUT2D eigenvalue weighted by molar-refractivity contribution is 0.160. The summed E-state index contributed by atoms with van der Waals surface area (Å²) >= 11 is 10.0. The molecule has 1 aromatic carbocycles. The van der Waals surface area contributed by atoms with Gasteiger partial charge in [-0.25, -0.2) is 0 Å². The monoisotopic (exact) mass is 358 g/mol. The zero-order valence-corrected chi connectivity index (χ0v) is 14.7. The Morgan fingerprint density at radius 1 is 1.25 bits per heavy atom. The van der Waals surface area contributed by atoms with Crippen molar-refractivity contribution in [3.05, 3.63) is 33.3 Å². The number of nitrogens with zero attached hydrogens (tertiary/aromatic N) is 1. The molecule has 0 saturated carbocycles. The topological polar surface area (TPSA) is 15.3 Å². The van der Waals surface area contributed by atoms with E-state index in [2.05, 4.69) is 46.1 Å². The van der Waals surface area contributed by atoms with Gasteiger partial charge in [0, 0.05) is 41.7 Å². The van der Waals surface area contributed by atoms with Crippen molar-refractivity contribution in [1.29, 1.82) is 0 Å². The molecule has 0 aromatic heterocycles. The highest BCUT2D eigenvalue weighted by Gasteiger charge is 2.24. The number of nitrogens with one attached hydrogen (secondary N) is 1. The summed E-state index contributed by atoms with van der Waals surface area (Å²) in [7, 11) is 0. The predicted octanol–water partition coefficient (Wildman–Crippen LogP) is 4.49. The van der Waals surface area contributed by atoms with Crippen molar-refractivity contribution in [2.45, 2.75) is 32.7 Å². The second kappa shape index (κ2) is 7.79. The number of halogens is 2. The first-order chi connectivity index (χ1) is 9.58. The van der Waals surface area contributed by atoms with Crippen LogP contribution in [0, 0.1) is 5.92 Å². The molecule has 0 unspecified atom stereocenters. The van der Waals surface area contributed by atoms with Gasteiger partial charge < -0.3 is 5.32 Å². The highest BCUT2D eigenvalue weighted by molar-refractivity contribution is 9.10. The van der Waals surface area contributed by atoms with E-state index in [4.69, 9.17) is 11.6 Å². The van der Waals surface area contributed by atoms with Gasteiger partial charge >= 0.3 is 0 Å². The van der Waals surface area contributed by atoms with Crippen molar-refractivity contribution in [2.24, 2.45) is 5.92 Å². The third-order valence-corrected chi connectivity index (χ3v) is 4.76. The largest absolute Gasteiger partial charge is 0.314 e. The van der Waals surface area contributed by atoms with Crippen LogP contribution in [0.1, 0.15) is 38.3 Å². The van der Waals surface area contributed by atoms with Crippen LogP contribution < -0.4 is 5.32 Å². The van der Waals surface area contributed by atoms with Gasteiger partial charge in [0.05, 0.1) is 0 Å². The fraction of sp³-hybridized carbons (Fsp3) is 0.625. The van der Waals surface area contributed by atoms with Gasteiger partial charge in [0.1, 0.15) is 0 Å². The standard InChI is InChI=1S/C16H24BrClN2/c1-12(2)3-6-16(20-9-7-19-8-10-20)14-11-13(17)4-5-15(14)18/h4-5,11-12,16,19H,3,6-10H2,1-2H3/t16-/m1/s1. The van der Waals surface area contributed by atoms with Crippen molar-refractivity contribution >= 4 is 27.5 Å². The van der Waals surface area contributed by atoms with Crippen molar-refractivity contribution in [2.75, 3.05) is 26.2 Å². The number of piperazine rings is 1. The summed E-state index contributed by atoms with van der Waals surface area (Å²) in [6.45, 7) is 8.93. The fourth-order valence-corrected chi connectivity index (χ4v) is 3.41. The summed E-state index contributed by atoms with van der Waals surface area (Å²) in [6.07, 6.45) is 2.41. The average molecular weight is 360 g/mol. The quantitative estimate of drug-likeness (QED) is 0.833. The zero-order chi connectivity index (χ0) is 14.5. The third kappa shape index (κ3) is 4.45. The minimum absolute atomic E-state index is 0.435. The van der Waals surface area contributed by atoms with E-state index in [1.807, 2.05) is 12.1 Å². The van der Waals surface area contributed by atoms with Crippen LogP contribution in [0.5, 0.6) is 0 Å². The number of rotatable bonds is 5. The molecular formula is C16H24BrClN2. The molecule has 1 atom stereocenters. The molecule has 4 heteroatoms. The second-order valence-corrected chi connectivity index (χ2v) is 7.26. The minimum atomic E-state index is 0.435. The van der Waals surface area contributed by atoms with E-state index >= 15 is 0 Å². The van der Waals surface area contributed by atoms with Crippen LogP contribution in [0.3, 0.4) is 0 Å². The Morgan fingerprint density at radius 3 is 2.60 bits per heavy atom. The smallest absolute Gasteiger partial charge is 0.0454 e. The van der Waals surface area contributed by atoms with Gasteiger partial charge in [-0.2, -0.15) is 0 Å². The first-order valence-corrected chi connectivity index (χ1v) is 8.64. The molecule has 20 heavy (non-hydrogen) atoms. The number of benzene rings is 1. The van der Waals surface area contributed by atoms with Crippen LogP contribution in [-0.2, 0) is 0 Å². The Bertz CT molecular complexity index is 430. The molecule has 0 bridgehead atoms. The summed E-state index contributed by atoms with van der Waals surface area (Å²) in [5.74, 6) is 0.728. The molecule has 0 radical (unpaired) electrons. The SMILES string of the molecule is CC(C)CC[C@H](c1cc(Br)ccc1Cl)N1CCNCC1. The van der Waals surface area contributed by atoms with Crippen LogP contribution in [0.25, 0.3) is 0 Å². The van der Waals surface area contributed by atoms with Gasteiger partial charge in [-0.15, -0.1) is 0 Å². The van der Waals surface area contributed by atoms with Crippen molar-refractivity contribution in [3.8, 4) is 0 Å². The molecule has 1 saturated heterocycles. The zero-order valence-electron chi connectivity index (χ0n) is 12.3. The van der Waals surface area contributed by atoms with Crippen LogP contribution >= 0.6 is 27.5 Å². The maximum atomic E-state index is 6.46. The van der Waals surface area contributed by atoms with E-state index in [-0.39, 0.29) is 0 Å². The van der Waals surface area contributed by atoms with Crippen LogP contribution in [0.4, 0.5) is 0 Å². The van der Waals surface area contributed by atoms with E-state index in [1.165, 1.54) is 18.4 Å². The maximum absolute atomic E-state index is 6.46. The Kier molecular flexibility index (Phi) is 6.34. The Hall–Kier alpha value is -0.0900. The highest BCUT2D eigenvalue weighted by Crippen LogP contribution is 2.34. The highest BCUT2D eigenvalue weighted by atomic mass is 79.9. The van der Waals surface area contributed by atoms with E-state index in [1.54, 1.807) is 0 Å². The maximum Gasteiger partial charge on any atom is 0.0454 e. The van der Waals surface area contributed by atoms with Gasteiger partial charge in [0.2, 0.25) is 0 Å². The summed E-state index contributed by atoms with van der Waals surface area (Å²) in [4.78, 5) is 2.58. The van der Waals surface area contributed by atoms with Crippen molar-refractivity contribution in [1.82, 2.24) is 10.2 Å². The van der Waals surface area contributed by atoms with E-state index in [0.29, 0.717) is 6.04 Å². The second-order valence-electron chi connectivity index (χ2n) is 5.94. The average Bonchev–Trinajstić information content (AvgIpc) is 2.43. The van der Waals surface area contributed by atoms with E-state index < -0.39 is 0 Å². The van der Waals surface area contributed by atoms with Crippen molar-refractivity contribution < 1.29 is 0 Å². The fourth-order valence-electron chi connectivity index (χ4n) is 2.79. The molecule has 112 valence electrons. The molecule has 1 aromatic rings. The number of hydrogen-bond acceptors (Lipinski definition) is 2. The Labute approximate surface area is 136 Å². The Morgan fingerprint density at radius 2 is 1.95 bits per heavy atom. The molecule has 1 aliphatic heterocycles. The lowest BCUT2D eigenvalue weighted by atomic mass is 9.95. The molecule has 1 heterocycles. The lowest BCUT2D eigenvalue weighted by Crippen LogP contribution is -2.45. The van der Waals surface area contributed by atoms with Crippen LogP contribution in [-0.4, -0.2) is 31.1 Å². The third-order valence-electron chi connectivity index (χ3n) is 3.93. The lowest BCUT2D eigenvalue weighted by Gasteiger charge is -2.36. The van der Waals surface area contributed by atoms with E-state index in [0.717, 1.165) is 41.6 Å². The predicted molar refractivity (Wildman–Crippen MR) is 90.4 cm³/mol. The van der Waals surface area contributed by atoms with Crippen LogP contribution in [0.15, 0.2) is 22.7 Å². The summed E-state index contributed by atoms with van der Waals surface area (Å²) in [5, 5.41) is 4.32. The number of hydrogen-bond donors (Lipinski definition) is 1. The Balaban J connectivity index is 2.21. The molecule has 1 aliphatic rings. The minimum Gasteiger partial charge on any atom is -0.314 e. The van der Waals surface area contributed by atoms with Crippen LogP contribution in [0.2, 0.25) is 5.02 Å². The summed E-state index contributed by atoms with van der Waals surface area (Å²) in [5.41, 5.74) is 1.27. The first kappa shape index (κ1) is 16.3. The van der Waals surface area contributed by atoms with E-state index in [9.17, 15) is 0 Å². The molecule has 2 rings (SSSR count). The van der Waals surface area contributed by atoms with Gasteiger partial charge in [-0.1, -0.05) is 41.4 Å². The van der Waals surface area contributed by atoms with Gasteiger partial charge in [-0.3, -0.25) is 4.90 Å². The molecule has 1 fully saturated rings. The molecular weight excluding hydrogens is 336 g/mol. The molecule has 2 nitrogen and oxygen atoms in total. The molecule has 1 N–H and O–H groups in total. The molecule has 0 aliphatic carbocycles. The van der Waals surface area contributed by atoms with Gasteiger partial charge in [0.25, 0.3) is 0 Å². The normalized spacial score (nSPS) is 18.4. The van der Waals surface area contributed by atoms with Gasteiger partial charge in [-0.05, 0) is 42.5 Å². The molecule has 0 spiro atoms. The molecule has 0 amide bonds. The summed E-state index contributed by atoms with van der Waals surface area (Å²) in [6, 6.07) is 6.65. The van der Waals surface area contributed by atoms with Gasteiger partial charge in [0.15, 0.2) is 0 Å². The summed E-state index contributed by atoms with van der Waals surface area (Å²) < 4.78 is 1.11. The van der Waals surface area contributed by atoms with Crippen molar-refractivity contribution in [3.63, 3.8) is 0 Å².